The zero-order valence-corrected chi connectivity index (χ0v) is 9.70. The first-order chi connectivity index (χ1) is 7.72. The van der Waals surface area contributed by atoms with E-state index in [0.29, 0.717) is 5.92 Å². The topological polar surface area (TPSA) is 12.9 Å². The van der Waals surface area contributed by atoms with E-state index in [0.717, 1.165) is 17.6 Å². The van der Waals surface area contributed by atoms with E-state index in [1.807, 2.05) is 0 Å². The molecule has 1 heterocycles. The van der Waals surface area contributed by atoms with Crippen LogP contribution in [0.15, 0.2) is 30.3 Å². The zero-order valence-electron chi connectivity index (χ0n) is 9.70. The van der Waals surface area contributed by atoms with Gasteiger partial charge in [-0.2, -0.15) is 0 Å². The van der Waals surface area contributed by atoms with E-state index in [-0.39, 0.29) is 0 Å². The van der Waals surface area contributed by atoms with Crippen molar-refractivity contribution in [1.29, 1.82) is 0 Å². The molecule has 0 saturated carbocycles. The van der Waals surface area contributed by atoms with Crippen molar-refractivity contribution in [2.24, 2.45) is 5.92 Å². The van der Waals surface area contributed by atoms with Crippen molar-refractivity contribution < 1.29 is 0 Å². The van der Waals surface area contributed by atoms with E-state index >= 15 is 0 Å². The van der Waals surface area contributed by atoms with Gasteiger partial charge in [0.25, 0.3) is 0 Å². The standard InChI is InChI=1S/C15H15N/c1-10-3-5-14-12(7-10)9-13-8-11(2)4-6-15(13)16-14/h3-7,9,11H,8H2,1-2H3. The van der Waals surface area contributed by atoms with E-state index in [4.69, 9.17) is 4.98 Å². The van der Waals surface area contributed by atoms with Gasteiger partial charge in [0.15, 0.2) is 0 Å². The maximum absolute atomic E-state index is 4.70. The van der Waals surface area contributed by atoms with Gasteiger partial charge in [0.05, 0.1) is 11.2 Å². The number of fused-ring (bicyclic) bond motifs is 2. The maximum atomic E-state index is 4.70. The van der Waals surface area contributed by atoms with Crippen LogP contribution in [0.4, 0.5) is 0 Å². The Labute approximate surface area is 95.8 Å². The number of hydrogen-bond donors (Lipinski definition) is 0. The summed E-state index contributed by atoms with van der Waals surface area (Å²) in [5, 5.41) is 1.27. The minimum absolute atomic E-state index is 0.636. The van der Waals surface area contributed by atoms with Gasteiger partial charge >= 0.3 is 0 Å². The molecule has 0 radical (unpaired) electrons. The average Bonchev–Trinajstić information content (AvgIpc) is 2.26. The van der Waals surface area contributed by atoms with E-state index in [2.05, 4.69) is 50.3 Å². The number of hydrogen-bond acceptors (Lipinski definition) is 1. The van der Waals surface area contributed by atoms with Gasteiger partial charge in [-0.25, -0.2) is 4.98 Å². The summed E-state index contributed by atoms with van der Waals surface area (Å²) in [6, 6.07) is 8.74. The highest BCUT2D eigenvalue weighted by molar-refractivity contribution is 5.82. The fourth-order valence-electron chi connectivity index (χ4n) is 2.33. The van der Waals surface area contributed by atoms with Crippen molar-refractivity contribution >= 4 is 17.0 Å². The molecule has 0 bridgehead atoms. The number of pyridine rings is 1. The first kappa shape index (κ1) is 9.59. The highest BCUT2D eigenvalue weighted by atomic mass is 14.7. The normalized spacial score (nSPS) is 18.8. The Bertz CT molecular complexity index is 581. The molecule has 1 unspecified atom stereocenters. The van der Waals surface area contributed by atoms with Crippen LogP contribution in [0.3, 0.4) is 0 Å². The van der Waals surface area contributed by atoms with Crippen molar-refractivity contribution in [3.8, 4) is 0 Å². The highest BCUT2D eigenvalue weighted by Gasteiger charge is 2.11. The van der Waals surface area contributed by atoms with E-state index in [1.165, 1.54) is 16.5 Å². The van der Waals surface area contributed by atoms with Crippen LogP contribution in [-0.2, 0) is 6.42 Å². The Morgan fingerprint density at radius 2 is 2.12 bits per heavy atom. The molecule has 0 saturated heterocycles. The van der Waals surface area contributed by atoms with Gasteiger partial charge in [-0.1, -0.05) is 24.6 Å². The SMILES string of the molecule is Cc1ccc2nc3c(cc2c1)CC(C)C=C3. The number of allylic oxidation sites excluding steroid dienone is 1. The Morgan fingerprint density at radius 1 is 1.25 bits per heavy atom. The molecule has 1 nitrogen and oxygen atoms in total. The van der Waals surface area contributed by atoms with Crippen LogP contribution in [0.5, 0.6) is 0 Å². The maximum Gasteiger partial charge on any atom is 0.0709 e. The van der Waals surface area contributed by atoms with Crippen LogP contribution in [0.2, 0.25) is 0 Å². The fraction of sp³-hybridized carbons (Fsp3) is 0.267. The molecule has 0 fully saturated rings. The Morgan fingerprint density at radius 3 is 3.00 bits per heavy atom. The van der Waals surface area contributed by atoms with Gasteiger partial charge in [0.2, 0.25) is 0 Å². The van der Waals surface area contributed by atoms with Crippen LogP contribution < -0.4 is 0 Å². The predicted octanol–water partition coefficient (Wildman–Crippen LogP) is 3.75. The summed E-state index contributed by atoms with van der Waals surface area (Å²) < 4.78 is 0. The van der Waals surface area contributed by atoms with E-state index in [1.54, 1.807) is 0 Å². The lowest BCUT2D eigenvalue weighted by molar-refractivity contribution is 0.714. The lowest BCUT2D eigenvalue weighted by Gasteiger charge is -2.15. The molecule has 80 valence electrons. The molecule has 1 aromatic carbocycles. The highest BCUT2D eigenvalue weighted by Crippen LogP contribution is 2.25. The largest absolute Gasteiger partial charge is 0.248 e. The van der Waals surface area contributed by atoms with Crippen molar-refractivity contribution in [3.63, 3.8) is 0 Å². The molecule has 1 aliphatic carbocycles. The van der Waals surface area contributed by atoms with E-state index in [9.17, 15) is 0 Å². The molecule has 0 aliphatic heterocycles. The summed E-state index contributed by atoms with van der Waals surface area (Å²) >= 11 is 0. The molecular weight excluding hydrogens is 194 g/mol. The molecule has 0 spiro atoms. The second-order valence-corrected chi connectivity index (χ2v) is 4.77. The molecular formula is C15H15N. The first-order valence-corrected chi connectivity index (χ1v) is 5.81. The van der Waals surface area contributed by atoms with Crippen LogP contribution in [0.1, 0.15) is 23.7 Å². The van der Waals surface area contributed by atoms with Gasteiger partial charge < -0.3 is 0 Å². The average molecular weight is 209 g/mol. The summed E-state index contributed by atoms with van der Waals surface area (Å²) in [6.07, 6.45) is 5.51. The van der Waals surface area contributed by atoms with Crippen LogP contribution in [-0.4, -0.2) is 4.98 Å². The van der Waals surface area contributed by atoms with Crippen LogP contribution in [0, 0.1) is 12.8 Å². The third-order valence-corrected chi connectivity index (χ3v) is 3.21. The molecule has 1 aliphatic rings. The van der Waals surface area contributed by atoms with Gasteiger partial charge in [-0.15, -0.1) is 0 Å². The number of aromatic nitrogens is 1. The molecule has 1 atom stereocenters. The number of benzene rings is 1. The van der Waals surface area contributed by atoms with Crippen LogP contribution >= 0.6 is 0 Å². The van der Waals surface area contributed by atoms with Gasteiger partial charge in [-0.3, -0.25) is 0 Å². The molecule has 0 N–H and O–H groups in total. The molecule has 1 aromatic heterocycles. The van der Waals surface area contributed by atoms with Crippen molar-refractivity contribution in [3.05, 3.63) is 47.2 Å². The lowest BCUT2D eigenvalue weighted by Crippen LogP contribution is -2.05. The Hall–Kier alpha value is -1.63. The Kier molecular flexibility index (Phi) is 2.06. The number of aryl methyl sites for hydroxylation is 1. The van der Waals surface area contributed by atoms with Crippen LogP contribution in [0.25, 0.3) is 17.0 Å². The molecule has 1 heteroatoms. The van der Waals surface area contributed by atoms with Gasteiger partial charge in [0.1, 0.15) is 0 Å². The predicted molar refractivity (Wildman–Crippen MR) is 68.4 cm³/mol. The van der Waals surface area contributed by atoms with Crippen molar-refractivity contribution in [2.45, 2.75) is 20.3 Å². The van der Waals surface area contributed by atoms with E-state index < -0.39 is 0 Å². The second-order valence-electron chi connectivity index (χ2n) is 4.77. The quantitative estimate of drug-likeness (QED) is 0.644. The smallest absolute Gasteiger partial charge is 0.0709 e. The van der Waals surface area contributed by atoms with Gasteiger partial charge in [0, 0.05) is 5.39 Å². The monoisotopic (exact) mass is 209 g/mol. The van der Waals surface area contributed by atoms with Gasteiger partial charge in [-0.05, 0) is 49.1 Å². The second kappa shape index (κ2) is 3.44. The summed E-state index contributed by atoms with van der Waals surface area (Å²) in [6.45, 7) is 4.38. The lowest BCUT2D eigenvalue weighted by atomic mass is 9.93. The summed E-state index contributed by atoms with van der Waals surface area (Å²) in [7, 11) is 0. The molecule has 3 rings (SSSR count). The summed E-state index contributed by atoms with van der Waals surface area (Å²) in [5.74, 6) is 0.636. The van der Waals surface area contributed by atoms with Crippen molar-refractivity contribution in [1.82, 2.24) is 4.98 Å². The fourth-order valence-corrected chi connectivity index (χ4v) is 2.33. The summed E-state index contributed by atoms with van der Waals surface area (Å²) in [5.41, 5.74) is 4.93. The third kappa shape index (κ3) is 1.53. The zero-order chi connectivity index (χ0) is 11.1. The summed E-state index contributed by atoms with van der Waals surface area (Å²) in [4.78, 5) is 4.70. The number of rotatable bonds is 0. The molecule has 0 amide bonds. The Balaban J connectivity index is 2.25. The first-order valence-electron chi connectivity index (χ1n) is 5.81. The van der Waals surface area contributed by atoms with Crippen molar-refractivity contribution in [2.75, 3.05) is 0 Å². The molecule has 2 aromatic rings. The molecule has 16 heavy (non-hydrogen) atoms. The third-order valence-electron chi connectivity index (χ3n) is 3.21. The number of nitrogens with zero attached hydrogens (tertiary/aromatic N) is 1. The minimum atomic E-state index is 0.636. The minimum Gasteiger partial charge on any atom is -0.248 e.